The van der Waals surface area contributed by atoms with Gasteiger partial charge in [0.15, 0.2) is 5.78 Å². The number of halogens is 1. The van der Waals surface area contributed by atoms with Gasteiger partial charge in [0.25, 0.3) is 0 Å². The molecule has 14 heavy (non-hydrogen) atoms. The van der Waals surface area contributed by atoms with E-state index in [2.05, 4.69) is 0 Å². The van der Waals surface area contributed by atoms with Gasteiger partial charge < -0.3 is 5.73 Å². The molecule has 1 aliphatic carbocycles. The molecule has 74 valence electrons. The SMILES string of the molecule is Cc1cc(C(=O)C2(N)CC2)ccc1F. The third-order valence-corrected chi connectivity index (χ3v) is 2.66. The minimum absolute atomic E-state index is 0.0689. The molecule has 0 unspecified atom stereocenters. The van der Waals surface area contributed by atoms with Crippen LogP contribution in [0.15, 0.2) is 18.2 Å². The Balaban J connectivity index is 2.33. The van der Waals surface area contributed by atoms with Crippen molar-refractivity contribution in [3.63, 3.8) is 0 Å². The highest BCUT2D eigenvalue weighted by Gasteiger charge is 2.45. The first-order valence-electron chi connectivity index (χ1n) is 4.63. The van der Waals surface area contributed by atoms with Crippen molar-refractivity contribution in [1.82, 2.24) is 0 Å². The van der Waals surface area contributed by atoms with Gasteiger partial charge in [0.05, 0.1) is 5.54 Å². The smallest absolute Gasteiger partial charge is 0.182 e. The first kappa shape index (κ1) is 9.34. The molecule has 1 aliphatic rings. The lowest BCUT2D eigenvalue weighted by Gasteiger charge is -2.08. The maximum absolute atomic E-state index is 12.9. The molecule has 2 nitrogen and oxygen atoms in total. The minimum Gasteiger partial charge on any atom is -0.319 e. The number of aryl methyl sites for hydroxylation is 1. The number of benzene rings is 1. The molecule has 2 rings (SSSR count). The first-order valence-corrected chi connectivity index (χ1v) is 4.63. The molecule has 0 saturated heterocycles. The number of hydrogen-bond acceptors (Lipinski definition) is 2. The molecule has 0 amide bonds. The maximum atomic E-state index is 12.9. The van der Waals surface area contributed by atoms with Gasteiger partial charge in [-0.05, 0) is 43.5 Å². The lowest BCUT2D eigenvalue weighted by Crippen LogP contribution is -2.32. The van der Waals surface area contributed by atoms with Crippen LogP contribution in [0.25, 0.3) is 0 Å². The van der Waals surface area contributed by atoms with Crippen molar-refractivity contribution in [2.75, 3.05) is 0 Å². The number of Topliss-reactive ketones (excluding diaryl/α,β-unsaturated/α-hetero) is 1. The summed E-state index contributed by atoms with van der Waals surface area (Å²) in [5.41, 5.74) is 6.11. The fourth-order valence-corrected chi connectivity index (χ4v) is 1.44. The van der Waals surface area contributed by atoms with Crippen molar-refractivity contribution in [1.29, 1.82) is 0 Å². The number of rotatable bonds is 2. The van der Waals surface area contributed by atoms with Crippen LogP contribution in [0, 0.1) is 12.7 Å². The Labute approximate surface area is 81.9 Å². The molecule has 1 aromatic rings. The summed E-state index contributed by atoms with van der Waals surface area (Å²) in [4.78, 5) is 11.7. The lowest BCUT2D eigenvalue weighted by atomic mass is 10.0. The van der Waals surface area contributed by atoms with Gasteiger partial charge in [-0.1, -0.05) is 0 Å². The van der Waals surface area contributed by atoms with Crippen molar-refractivity contribution in [3.05, 3.63) is 35.1 Å². The molecule has 0 spiro atoms. The van der Waals surface area contributed by atoms with E-state index in [0.29, 0.717) is 11.1 Å². The second kappa shape index (κ2) is 2.89. The van der Waals surface area contributed by atoms with Crippen LogP contribution in [-0.4, -0.2) is 11.3 Å². The first-order chi connectivity index (χ1) is 6.53. The Morgan fingerprint density at radius 3 is 2.64 bits per heavy atom. The van der Waals surface area contributed by atoms with Crippen LogP contribution in [0.3, 0.4) is 0 Å². The fraction of sp³-hybridized carbons (Fsp3) is 0.364. The molecule has 0 atom stereocenters. The number of hydrogen-bond donors (Lipinski definition) is 1. The van der Waals surface area contributed by atoms with E-state index in [4.69, 9.17) is 5.73 Å². The Bertz CT molecular complexity index is 396. The van der Waals surface area contributed by atoms with Crippen LogP contribution in [0.2, 0.25) is 0 Å². The Hall–Kier alpha value is -1.22. The maximum Gasteiger partial charge on any atom is 0.182 e. The highest BCUT2D eigenvalue weighted by atomic mass is 19.1. The van der Waals surface area contributed by atoms with Gasteiger partial charge in [-0.2, -0.15) is 0 Å². The molecule has 3 heteroatoms. The molecule has 0 heterocycles. The monoisotopic (exact) mass is 193 g/mol. The lowest BCUT2D eigenvalue weighted by molar-refractivity contribution is 0.0949. The van der Waals surface area contributed by atoms with Crippen LogP contribution in [0.4, 0.5) is 4.39 Å². The summed E-state index contributed by atoms with van der Waals surface area (Å²) in [5.74, 6) is -0.357. The van der Waals surface area contributed by atoms with E-state index in [1.54, 1.807) is 13.0 Å². The van der Waals surface area contributed by atoms with Crippen LogP contribution in [0.1, 0.15) is 28.8 Å². The van der Waals surface area contributed by atoms with E-state index in [1.165, 1.54) is 12.1 Å². The standard InChI is InChI=1S/C11H12FNO/c1-7-6-8(2-3-9(7)12)10(14)11(13)4-5-11/h2-3,6H,4-5,13H2,1H3. The molecule has 0 bridgehead atoms. The third kappa shape index (κ3) is 1.44. The van der Waals surface area contributed by atoms with Gasteiger partial charge in [0, 0.05) is 5.56 Å². The van der Waals surface area contributed by atoms with Crippen LogP contribution in [-0.2, 0) is 0 Å². The van der Waals surface area contributed by atoms with Gasteiger partial charge in [-0.25, -0.2) is 4.39 Å². The van der Waals surface area contributed by atoms with Crippen molar-refractivity contribution in [3.8, 4) is 0 Å². The van der Waals surface area contributed by atoms with Crippen LogP contribution < -0.4 is 5.73 Å². The Kier molecular flexibility index (Phi) is 1.93. The van der Waals surface area contributed by atoms with Crippen molar-refractivity contribution >= 4 is 5.78 Å². The second-order valence-corrected chi connectivity index (χ2v) is 3.95. The van der Waals surface area contributed by atoms with Gasteiger partial charge >= 0.3 is 0 Å². The van der Waals surface area contributed by atoms with E-state index in [0.717, 1.165) is 12.8 Å². The predicted molar refractivity (Wildman–Crippen MR) is 51.6 cm³/mol. The van der Waals surface area contributed by atoms with E-state index in [-0.39, 0.29) is 11.6 Å². The van der Waals surface area contributed by atoms with Gasteiger partial charge in [0.1, 0.15) is 5.82 Å². The van der Waals surface area contributed by atoms with Gasteiger partial charge in [0.2, 0.25) is 0 Å². The summed E-state index contributed by atoms with van der Waals surface area (Å²) in [6.07, 6.45) is 1.48. The Morgan fingerprint density at radius 2 is 2.14 bits per heavy atom. The summed E-state index contributed by atoms with van der Waals surface area (Å²) >= 11 is 0. The van der Waals surface area contributed by atoms with Crippen LogP contribution >= 0.6 is 0 Å². The topological polar surface area (TPSA) is 43.1 Å². The summed E-state index contributed by atoms with van der Waals surface area (Å²) in [6, 6.07) is 4.37. The fourth-order valence-electron chi connectivity index (χ4n) is 1.44. The molecule has 1 aromatic carbocycles. The molecule has 2 N–H and O–H groups in total. The average Bonchev–Trinajstić information content (AvgIpc) is 2.89. The molecule has 0 aliphatic heterocycles. The van der Waals surface area contributed by atoms with Crippen molar-refractivity contribution in [2.24, 2.45) is 5.73 Å². The van der Waals surface area contributed by atoms with E-state index < -0.39 is 5.54 Å². The molecule has 1 fully saturated rings. The Morgan fingerprint density at radius 1 is 1.50 bits per heavy atom. The van der Waals surface area contributed by atoms with Crippen molar-refractivity contribution in [2.45, 2.75) is 25.3 Å². The van der Waals surface area contributed by atoms with E-state index in [9.17, 15) is 9.18 Å². The zero-order valence-electron chi connectivity index (χ0n) is 8.01. The van der Waals surface area contributed by atoms with Crippen LogP contribution in [0.5, 0.6) is 0 Å². The molecule has 1 saturated carbocycles. The summed E-state index contributed by atoms with van der Waals surface area (Å²) in [5, 5.41) is 0. The summed E-state index contributed by atoms with van der Waals surface area (Å²) in [6.45, 7) is 1.64. The van der Waals surface area contributed by atoms with Crippen molar-refractivity contribution < 1.29 is 9.18 Å². The number of ketones is 1. The number of carbonyl (C=O) groups excluding carboxylic acids is 1. The second-order valence-electron chi connectivity index (χ2n) is 3.95. The zero-order chi connectivity index (χ0) is 10.3. The quantitative estimate of drug-likeness (QED) is 0.728. The summed E-state index contributed by atoms with van der Waals surface area (Å²) < 4.78 is 12.9. The minimum atomic E-state index is -0.662. The molecule has 0 radical (unpaired) electrons. The normalized spacial score (nSPS) is 17.9. The zero-order valence-corrected chi connectivity index (χ0v) is 8.01. The molecular weight excluding hydrogens is 181 g/mol. The number of carbonyl (C=O) groups is 1. The molecular formula is C11H12FNO. The number of nitrogens with two attached hydrogens (primary N) is 1. The molecule has 0 aromatic heterocycles. The predicted octanol–water partition coefficient (Wildman–Crippen LogP) is 1.81. The third-order valence-electron chi connectivity index (χ3n) is 2.66. The van der Waals surface area contributed by atoms with E-state index in [1.807, 2.05) is 0 Å². The average molecular weight is 193 g/mol. The van der Waals surface area contributed by atoms with E-state index >= 15 is 0 Å². The largest absolute Gasteiger partial charge is 0.319 e. The summed E-state index contributed by atoms with van der Waals surface area (Å²) in [7, 11) is 0. The highest BCUT2D eigenvalue weighted by molar-refractivity contribution is 6.05. The van der Waals surface area contributed by atoms with Gasteiger partial charge in [-0.15, -0.1) is 0 Å². The van der Waals surface area contributed by atoms with Gasteiger partial charge in [-0.3, -0.25) is 4.79 Å². The highest BCUT2D eigenvalue weighted by Crippen LogP contribution is 2.35.